The van der Waals surface area contributed by atoms with E-state index in [9.17, 15) is 14.4 Å². The van der Waals surface area contributed by atoms with Gasteiger partial charge in [-0.25, -0.2) is 4.79 Å². The highest BCUT2D eigenvalue weighted by Crippen LogP contribution is 2.25. The third-order valence-corrected chi connectivity index (χ3v) is 5.94. The van der Waals surface area contributed by atoms with Crippen molar-refractivity contribution in [1.29, 1.82) is 0 Å². The quantitative estimate of drug-likeness (QED) is 0.820. The number of piperidine rings is 1. The first-order chi connectivity index (χ1) is 13.5. The molecule has 2 N–H and O–H groups in total. The van der Waals surface area contributed by atoms with E-state index in [2.05, 4.69) is 15.5 Å². The van der Waals surface area contributed by atoms with Gasteiger partial charge in [0, 0.05) is 49.4 Å². The van der Waals surface area contributed by atoms with E-state index in [0.29, 0.717) is 13.0 Å². The van der Waals surface area contributed by atoms with Gasteiger partial charge in [0.1, 0.15) is 0 Å². The molecule has 1 aromatic rings. The summed E-state index contributed by atoms with van der Waals surface area (Å²) in [5.74, 6) is 0.292. The Hall–Kier alpha value is -2.61. The minimum Gasteiger partial charge on any atom is -0.449 e. The molecule has 3 fully saturated rings. The van der Waals surface area contributed by atoms with Gasteiger partial charge in [0.15, 0.2) is 0 Å². The number of nitrogens with zero attached hydrogens (tertiary/aromatic N) is 2. The zero-order valence-electron chi connectivity index (χ0n) is 16.0. The third kappa shape index (κ3) is 3.82. The molecule has 3 aliphatic heterocycles. The lowest BCUT2D eigenvalue weighted by Gasteiger charge is -2.42. The van der Waals surface area contributed by atoms with Gasteiger partial charge in [0.2, 0.25) is 11.8 Å². The summed E-state index contributed by atoms with van der Waals surface area (Å²) in [7, 11) is 0. The van der Waals surface area contributed by atoms with Gasteiger partial charge in [-0.2, -0.15) is 0 Å². The Morgan fingerprint density at radius 3 is 2.75 bits per heavy atom. The minimum atomic E-state index is -0.348. The fourth-order valence-corrected chi connectivity index (χ4v) is 4.21. The Morgan fingerprint density at radius 1 is 1.25 bits per heavy atom. The standard InChI is InChI=1S/C20H26N4O4/c1-13(23-10-8-17-14(11-23)12-28-20(27)22-17)19(26)21-15-4-6-16(7-5-15)24-9-2-3-18(24)25/h4-7,13-14,17H,2-3,8-12H2,1H3,(H,21,26)(H,22,27)/t13?,14-,17+/m1/s1. The molecular weight excluding hydrogens is 360 g/mol. The number of carbonyl (C=O) groups is 3. The molecule has 8 nitrogen and oxygen atoms in total. The van der Waals surface area contributed by atoms with Crippen molar-refractivity contribution in [3.05, 3.63) is 24.3 Å². The van der Waals surface area contributed by atoms with Crippen molar-refractivity contribution in [2.24, 2.45) is 5.92 Å². The summed E-state index contributed by atoms with van der Waals surface area (Å²) >= 11 is 0. The number of ether oxygens (including phenoxy) is 1. The molecule has 0 aromatic heterocycles. The highest BCUT2D eigenvalue weighted by Gasteiger charge is 2.37. The number of hydrogen-bond donors (Lipinski definition) is 2. The molecule has 3 heterocycles. The summed E-state index contributed by atoms with van der Waals surface area (Å²) < 4.78 is 5.09. The second-order valence-electron chi connectivity index (χ2n) is 7.75. The summed E-state index contributed by atoms with van der Waals surface area (Å²) in [5, 5.41) is 5.82. The second-order valence-corrected chi connectivity index (χ2v) is 7.75. The number of rotatable bonds is 4. The smallest absolute Gasteiger partial charge is 0.407 e. The van der Waals surface area contributed by atoms with Crippen LogP contribution in [0.3, 0.4) is 0 Å². The molecule has 1 aromatic carbocycles. The van der Waals surface area contributed by atoms with Crippen LogP contribution in [0.4, 0.5) is 16.2 Å². The van der Waals surface area contributed by atoms with Crippen molar-refractivity contribution in [1.82, 2.24) is 10.2 Å². The van der Waals surface area contributed by atoms with Gasteiger partial charge in [0.05, 0.1) is 12.6 Å². The summed E-state index contributed by atoms with van der Waals surface area (Å²) in [6.07, 6.45) is 1.96. The first-order valence-corrected chi connectivity index (χ1v) is 9.90. The van der Waals surface area contributed by atoms with E-state index in [1.807, 2.05) is 31.2 Å². The lowest BCUT2D eigenvalue weighted by Crippen LogP contribution is -2.58. The lowest BCUT2D eigenvalue weighted by atomic mass is 9.91. The summed E-state index contributed by atoms with van der Waals surface area (Å²) in [6, 6.07) is 7.27. The van der Waals surface area contributed by atoms with Crippen LogP contribution in [0, 0.1) is 5.92 Å². The fourth-order valence-electron chi connectivity index (χ4n) is 4.21. The highest BCUT2D eigenvalue weighted by atomic mass is 16.6. The van der Waals surface area contributed by atoms with E-state index < -0.39 is 0 Å². The van der Waals surface area contributed by atoms with Crippen molar-refractivity contribution in [2.75, 3.05) is 36.5 Å². The highest BCUT2D eigenvalue weighted by molar-refractivity contribution is 5.97. The molecule has 3 amide bonds. The van der Waals surface area contributed by atoms with E-state index >= 15 is 0 Å². The molecule has 0 spiro atoms. The summed E-state index contributed by atoms with van der Waals surface area (Å²) in [4.78, 5) is 39.8. The van der Waals surface area contributed by atoms with Gasteiger partial charge < -0.3 is 20.3 Å². The van der Waals surface area contributed by atoms with Crippen molar-refractivity contribution < 1.29 is 19.1 Å². The summed E-state index contributed by atoms with van der Waals surface area (Å²) in [6.45, 7) is 4.53. The van der Waals surface area contributed by atoms with Crippen LogP contribution >= 0.6 is 0 Å². The molecule has 0 saturated carbocycles. The van der Waals surface area contributed by atoms with Crippen LogP contribution < -0.4 is 15.5 Å². The molecule has 4 rings (SSSR count). The number of cyclic esters (lactones) is 1. The van der Waals surface area contributed by atoms with Crippen molar-refractivity contribution in [3.63, 3.8) is 0 Å². The second kappa shape index (κ2) is 7.79. The summed E-state index contributed by atoms with van der Waals surface area (Å²) in [5.41, 5.74) is 1.59. The molecule has 8 heteroatoms. The van der Waals surface area contributed by atoms with Crippen LogP contribution in [0.5, 0.6) is 0 Å². The Kier molecular flexibility index (Phi) is 5.21. The zero-order chi connectivity index (χ0) is 19.7. The molecule has 0 radical (unpaired) electrons. The van der Waals surface area contributed by atoms with Gasteiger partial charge >= 0.3 is 6.09 Å². The predicted octanol–water partition coefficient (Wildman–Crippen LogP) is 1.57. The molecule has 1 unspecified atom stereocenters. The maximum atomic E-state index is 12.7. The number of fused-ring (bicyclic) bond motifs is 1. The van der Waals surface area contributed by atoms with Crippen LogP contribution in [-0.4, -0.2) is 61.1 Å². The van der Waals surface area contributed by atoms with Crippen molar-refractivity contribution in [3.8, 4) is 0 Å². The van der Waals surface area contributed by atoms with E-state index in [-0.39, 0.29) is 35.9 Å². The average molecular weight is 386 g/mol. The lowest BCUT2D eigenvalue weighted by molar-refractivity contribution is -0.122. The van der Waals surface area contributed by atoms with Gasteiger partial charge in [-0.3, -0.25) is 14.5 Å². The van der Waals surface area contributed by atoms with Crippen LogP contribution in [0.2, 0.25) is 0 Å². The van der Waals surface area contributed by atoms with Gasteiger partial charge in [0.25, 0.3) is 0 Å². The molecule has 0 bridgehead atoms. The number of alkyl carbamates (subject to hydrolysis) is 1. The Bertz CT molecular complexity index is 766. The van der Waals surface area contributed by atoms with Crippen LogP contribution in [0.1, 0.15) is 26.2 Å². The first-order valence-electron chi connectivity index (χ1n) is 9.90. The maximum Gasteiger partial charge on any atom is 0.407 e. The minimum absolute atomic E-state index is 0.0655. The zero-order valence-corrected chi connectivity index (χ0v) is 16.0. The molecule has 0 aliphatic carbocycles. The largest absolute Gasteiger partial charge is 0.449 e. The first kappa shape index (κ1) is 18.7. The van der Waals surface area contributed by atoms with Gasteiger partial charge in [-0.15, -0.1) is 0 Å². The number of carbonyl (C=O) groups excluding carboxylic acids is 3. The number of hydrogen-bond acceptors (Lipinski definition) is 5. The Morgan fingerprint density at radius 2 is 2.04 bits per heavy atom. The number of benzene rings is 1. The molecule has 3 atom stereocenters. The molecule has 3 aliphatic rings. The Labute approximate surface area is 164 Å². The molecular formula is C20H26N4O4. The van der Waals surface area contributed by atoms with Gasteiger partial charge in [-0.05, 0) is 44.0 Å². The third-order valence-electron chi connectivity index (χ3n) is 5.94. The SMILES string of the molecule is CC(C(=O)Nc1ccc(N2CCCC2=O)cc1)N1CC[C@@H]2NC(=O)OC[C@H]2C1. The van der Waals surface area contributed by atoms with E-state index in [1.54, 1.807) is 4.90 Å². The monoisotopic (exact) mass is 386 g/mol. The van der Waals surface area contributed by atoms with Crippen molar-refractivity contribution in [2.45, 2.75) is 38.3 Å². The van der Waals surface area contributed by atoms with Crippen LogP contribution in [-0.2, 0) is 14.3 Å². The number of anilines is 2. The van der Waals surface area contributed by atoms with E-state index in [1.165, 1.54) is 0 Å². The number of likely N-dealkylation sites (tertiary alicyclic amines) is 1. The number of nitrogens with one attached hydrogen (secondary N) is 2. The maximum absolute atomic E-state index is 12.7. The number of amides is 3. The average Bonchev–Trinajstić information content (AvgIpc) is 3.13. The van der Waals surface area contributed by atoms with E-state index in [0.717, 1.165) is 43.9 Å². The molecule has 3 saturated heterocycles. The van der Waals surface area contributed by atoms with Gasteiger partial charge in [-0.1, -0.05) is 0 Å². The van der Waals surface area contributed by atoms with E-state index in [4.69, 9.17) is 4.74 Å². The molecule has 28 heavy (non-hydrogen) atoms. The topological polar surface area (TPSA) is 91.0 Å². The van der Waals surface area contributed by atoms with Crippen LogP contribution in [0.15, 0.2) is 24.3 Å². The molecule has 150 valence electrons. The normalized spacial score (nSPS) is 26.2. The Balaban J connectivity index is 1.33. The fraction of sp³-hybridized carbons (Fsp3) is 0.550. The predicted molar refractivity (Wildman–Crippen MR) is 104 cm³/mol. The van der Waals surface area contributed by atoms with Crippen molar-refractivity contribution >= 4 is 29.3 Å². The van der Waals surface area contributed by atoms with Crippen LogP contribution in [0.25, 0.3) is 0 Å².